The SMILES string of the molecule is CCOC(=O)c1cc(C#N)c(N2CCC(C(=O)NS(=O)(=O)N(C)c3ccc(F)cc3)CC2)nc1CN1CCCC1=O. The summed E-state index contributed by atoms with van der Waals surface area (Å²) in [6.07, 6.45) is 1.70. The molecule has 0 atom stereocenters. The Hall–Kier alpha value is -4.25. The molecular weight excluding hydrogens is 555 g/mol. The van der Waals surface area contributed by atoms with Crippen molar-refractivity contribution in [2.75, 3.05) is 42.5 Å². The normalized spacial score (nSPS) is 15.9. The first-order valence-electron chi connectivity index (χ1n) is 13.2. The van der Waals surface area contributed by atoms with Crippen molar-refractivity contribution in [1.82, 2.24) is 14.6 Å². The third-order valence-electron chi connectivity index (χ3n) is 7.15. The summed E-state index contributed by atoms with van der Waals surface area (Å²) in [5, 5.41) is 9.84. The van der Waals surface area contributed by atoms with E-state index in [-0.39, 0.29) is 48.7 Å². The van der Waals surface area contributed by atoms with Gasteiger partial charge in [0.25, 0.3) is 0 Å². The van der Waals surface area contributed by atoms with Gasteiger partial charge in [-0.3, -0.25) is 13.9 Å². The number of likely N-dealkylation sites (tertiary alicyclic amines) is 1. The number of piperidine rings is 1. The third kappa shape index (κ3) is 6.74. The smallest absolute Gasteiger partial charge is 0.340 e. The van der Waals surface area contributed by atoms with Crippen molar-refractivity contribution >= 4 is 39.5 Å². The van der Waals surface area contributed by atoms with Gasteiger partial charge in [0, 0.05) is 39.0 Å². The molecule has 2 aliphatic heterocycles. The molecule has 12 nitrogen and oxygen atoms in total. The lowest BCUT2D eigenvalue weighted by Crippen LogP contribution is -2.47. The number of carbonyl (C=O) groups is 3. The Morgan fingerprint density at radius 3 is 2.49 bits per heavy atom. The van der Waals surface area contributed by atoms with Gasteiger partial charge in [-0.25, -0.2) is 18.9 Å². The molecule has 218 valence electrons. The lowest BCUT2D eigenvalue weighted by Gasteiger charge is -2.33. The molecule has 0 bridgehead atoms. The van der Waals surface area contributed by atoms with Crippen molar-refractivity contribution in [3.63, 3.8) is 0 Å². The number of esters is 1. The van der Waals surface area contributed by atoms with Crippen LogP contribution in [0.25, 0.3) is 0 Å². The van der Waals surface area contributed by atoms with Crippen molar-refractivity contribution in [3.8, 4) is 6.07 Å². The predicted octanol–water partition coefficient (Wildman–Crippen LogP) is 2.11. The number of aromatic nitrogens is 1. The van der Waals surface area contributed by atoms with E-state index in [2.05, 4.69) is 15.8 Å². The Bertz CT molecular complexity index is 1470. The van der Waals surface area contributed by atoms with Crippen LogP contribution < -0.4 is 13.9 Å². The number of hydrogen-bond acceptors (Lipinski definition) is 9. The highest BCUT2D eigenvalue weighted by Crippen LogP contribution is 2.28. The molecule has 1 aromatic heterocycles. The number of carbonyl (C=O) groups excluding carboxylic acids is 3. The van der Waals surface area contributed by atoms with Gasteiger partial charge in [-0.05, 0) is 56.5 Å². The van der Waals surface area contributed by atoms with E-state index in [0.29, 0.717) is 44.0 Å². The van der Waals surface area contributed by atoms with Crippen LogP contribution in [-0.4, -0.2) is 69.4 Å². The van der Waals surface area contributed by atoms with Crippen LogP contribution in [0.15, 0.2) is 30.3 Å². The molecule has 1 aromatic carbocycles. The molecule has 3 heterocycles. The van der Waals surface area contributed by atoms with Crippen LogP contribution in [0, 0.1) is 23.1 Å². The Morgan fingerprint density at radius 2 is 1.90 bits per heavy atom. The van der Waals surface area contributed by atoms with Crippen LogP contribution in [0.1, 0.15) is 54.2 Å². The van der Waals surface area contributed by atoms with Crippen LogP contribution >= 0.6 is 0 Å². The van der Waals surface area contributed by atoms with Gasteiger partial charge < -0.3 is 14.5 Å². The number of amides is 2. The van der Waals surface area contributed by atoms with Gasteiger partial charge in [-0.1, -0.05) is 0 Å². The first kappa shape index (κ1) is 29.7. The standard InChI is InChI=1S/C27H31FN6O6S/c1-3-40-27(37)22-15-19(16-29)25(30-23(22)17-34-12-4-5-24(34)35)33-13-10-18(11-14-33)26(36)31-41(38,39)32(2)21-8-6-20(28)7-9-21/h6-9,15,18H,3-5,10-14,17H2,1-2H3,(H,31,36). The number of pyridine rings is 1. The average Bonchev–Trinajstić information content (AvgIpc) is 3.36. The van der Waals surface area contributed by atoms with E-state index in [9.17, 15) is 32.5 Å². The maximum Gasteiger partial charge on any atom is 0.340 e. The second-order valence-electron chi connectivity index (χ2n) is 9.78. The summed E-state index contributed by atoms with van der Waals surface area (Å²) in [7, 11) is -2.97. The number of nitrogens with one attached hydrogen (secondary N) is 1. The lowest BCUT2D eigenvalue weighted by molar-refractivity contribution is -0.128. The van der Waals surface area contributed by atoms with E-state index >= 15 is 0 Å². The number of anilines is 2. The van der Waals surface area contributed by atoms with Crippen molar-refractivity contribution in [2.45, 2.75) is 39.2 Å². The van der Waals surface area contributed by atoms with Crippen LogP contribution in [0.4, 0.5) is 15.9 Å². The molecule has 4 rings (SSSR count). The molecule has 2 aliphatic rings. The maximum atomic E-state index is 13.2. The Kier molecular flexibility index (Phi) is 9.07. The number of rotatable bonds is 9. The van der Waals surface area contributed by atoms with Crippen LogP contribution in [0.2, 0.25) is 0 Å². The maximum absolute atomic E-state index is 13.2. The van der Waals surface area contributed by atoms with Crippen molar-refractivity contribution in [1.29, 1.82) is 5.26 Å². The molecule has 0 saturated carbocycles. The minimum atomic E-state index is -4.22. The predicted molar refractivity (Wildman–Crippen MR) is 146 cm³/mol. The van der Waals surface area contributed by atoms with Gasteiger partial charge in [-0.15, -0.1) is 0 Å². The Labute approximate surface area is 237 Å². The highest BCUT2D eigenvalue weighted by atomic mass is 32.2. The number of ether oxygens (including phenoxy) is 1. The topological polar surface area (TPSA) is 153 Å². The number of nitriles is 1. The minimum absolute atomic E-state index is 0.0422. The van der Waals surface area contributed by atoms with Crippen LogP contribution in [-0.2, 0) is 31.1 Å². The zero-order valence-electron chi connectivity index (χ0n) is 22.8. The monoisotopic (exact) mass is 586 g/mol. The van der Waals surface area contributed by atoms with Gasteiger partial charge in [0.1, 0.15) is 17.7 Å². The molecule has 2 aromatic rings. The molecule has 2 fully saturated rings. The number of nitrogens with zero attached hydrogens (tertiary/aromatic N) is 5. The summed E-state index contributed by atoms with van der Waals surface area (Å²) in [6.45, 7) is 3.04. The molecular formula is C27H31FN6O6S. The van der Waals surface area contributed by atoms with Gasteiger partial charge in [0.05, 0.1) is 35.7 Å². The van der Waals surface area contributed by atoms with E-state index in [4.69, 9.17) is 4.74 Å². The van der Waals surface area contributed by atoms with Crippen LogP contribution in [0.3, 0.4) is 0 Å². The molecule has 0 spiro atoms. The van der Waals surface area contributed by atoms with Crippen molar-refractivity contribution < 1.29 is 31.9 Å². The Balaban J connectivity index is 1.48. The molecule has 41 heavy (non-hydrogen) atoms. The number of hydrogen-bond donors (Lipinski definition) is 1. The molecule has 1 N–H and O–H groups in total. The summed E-state index contributed by atoms with van der Waals surface area (Å²) in [4.78, 5) is 45.9. The highest BCUT2D eigenvalue weighted by Gasteiger charge is 2.32. The van der Waals surface area contributed by atoms with Crippen molar-refractivity contribution in [2.24, 2.45) is 5.92 Å². The zero-order chi connectivity index (χ0) is 29.7. The van der Waals surface area contributed by atoms with E-state index in [0.717, 1.165) is 16.4 Å². The average molecular weight is 587 g/mol. The Morgan fingerprint density at radius 1 is 1.22 bits per heavy atom. The van der Waals surface area contributed by atoms with Crippen molar-refractivity contribution in [3.05, 3.63) is 53.0 Å². The summed E-state index contributed by atoms with van der Waals surface area (Å²) in [5.74, 6) is -2.15. The molecule has 0 aliphatic carbocycles. The minimum Gasteiger partial charge on any atom is -0.462 e. The van der Waals surface area contributed by atoms with Crippen LogP contribution in [0.5, 0.6) is 0 Å². The third-order valence-corrected chi connectivity index (χ3v) is 8.55. The fourth-order valence-corrected chi connectivity index (χ4v) is 5.80. The first-order chi connectivity index (χ1) is 19.5. The molecule has 0 radical (unpaired) electrons. The van der Waals surface area contributed by atoms with E-state index < -0.39 is 33.8 Å². The second-order valence-corrected chi connectivity index (χ2v) is 11.5. The quantitative estimate of drug-likeness (QED) is 0.435. The second kappa shape index (κ2) is 12.5. The van der Waals surface area contributed by atoms with Gasteiger partial charge >= 0.3 is 16.2 Å². The van der Waals surface area contributed by atoms with E-state index in [1.807, 2.05) is 4.90 Å². The highest BCUT2D eigenvalue weighted by molar-refractivity contribution is 7.91. The van der Waals surface area contributed by atoms with Gasteiger partial charge in [-0.2, -0.15) is 13.7 Å². The lowest BCUT2D eigenvalue weighted by atomic mass is 9.96. The fraction of sp³-hybridized carbons (Fsp3) is 0.444. The molecule has 14 heteroatoms. The molecule has 2 saturated heterocycles. The number of halogens is 1. The zero-order valence-corrected chi connectivity index (χ0v) is 23.6. The van der Waals surface area contributed by atoms with Gasteiger partial charge in [0.2, 0.25) is 11.8 Å². The summed E-state index contributed by atoms with van der Waals surface area (Å²) >= 11 is 0. The first-order valence-corrected chi connectivity index (χ1v) is 14.7. The summed E-state index contributed by atoms with van der Waals surface area (Å²) in [6, 6.07) is 8.32. The van der Waals surface area contributed by atoms with Gasteiger partial charge in [0.15, 0.2) is 0 Å². The van der Waals surface area contributed by atoms with E-state index in [1.165, 1.54) is 25.2 Å². The fourth-order valence-electron chi connectivity index (χ4n) is 4.84. The summed E-state index contributed by atoms with van der Waals surface area (Å²) in [5.41, 5.74) is 0.782. The molecule has 0 unspecified atom stereocenters. The molecule has 2 amide bonds. The van der Waals surface area contributed by atoms with E-state index in [1.54, 1.807) is 11.8 Å². The number of benzene rings is 1. The summed E-state index contributed by atoms with van der Waals surface area (Å²) < 4.78 is 46.8. The largest absolute Gasteiger partial charge is 0.462 e.